The lowest BCUT2D eigenvalue weighted by Crippen LogP contribution is -2.19. The Morgan fingerprint density at radius 1 is 1.06 bits per heavy atom. The largest absolute Gasteiger partial charge is 0.346 e. The van der Waals surface area contributed by atoms with Crippen molar-refractivity contribution in [3.63, 3.8) is 0 Å². The summed E-state index contributed by atoms with van der Waals surface area (Å²) in [6, 6.07) is 24.1. The SMILES string of the molecule is Cc1ccc(N=C2NC(=O)/C(=C/c3cn(CCSc4ccc(Cl)cc4)c4ccccc34)S2)cc1. The van der Waals surface area contributed by atoms with E-state index < -0.39 is 0 Å². The molecule has 34 heavy (non-hydrogen) atoms. The van der Waals surface area contributed by atoms with Crippen LogP contribution in [0, 0.1) is 6.92 Å². The number of amidine groups is 1. The average molecular weight is 504 g/mol. The van der Waals surface area contributed by atoms with Crippen LogP contribution in [0.2, 0.25) is 5.02 Å². The zero-order chi connectivity index (χ0) is 23.5. The van der Waals surface area contributed by atoms with Crippen molar-refractivity contribution in [3.8, 4) is 0 Å². The third-order valence-electron chi connectivity index (χ3n) is 5.44. The number of carbonyl (C=O) groups excluding carboxylic acids is 1. The molecule has 4 nitrogen and oxygen atoms in total. The third-order valence-corrected chi connectivity index (χ3v) is 7.59. The molecule has 1 aliphatic heterocycles. The molecule has 0 saturated carbocycles. The molecule has 1 saturated heterocycles. The van der Waals surface area contributed by atoms with Crippen LogP contribution in [0.25, 0.3) is 17.0 Å². The molecule has 1 fully saturated rings. The summed E-state index contributed by atoms with van der Waals surface area (Å²) in [6.45, 7) is 2.90. The quantitative estimate of drug-likeness (QED) is 0.222. The Morgan fingerprint density at radius 2 is 1.82 bits per heavy atom. The first-order valence-corrected chi connectivity index (χ1v) is 13.1. The van der Waals surface area contributed by atoms with E-state index in [2.05, 4.69) is 33.2 Å². The molecular formula is C27H22ClN3OS2. The minimum absolute atomic E-state index is 0.119. The molecule has 0 aliphatic carbocycles. The number of para-hydroxylation sites is 1. The molecule has 0 spiro atoms. The highest BCUT2D eigenvalue weighted by molar-refractivity contribution is 8.18. The smallest absolute Gasteiger partial charge is 0.264 e. The average Bonchev–Trinajstić information content (AvgIpc) is 3.36. The van der Waals surface area contributed by atoms with E-state index in [4.69, 9.17) is 11.6 Å². The lowest BCUT2D eigenvalue weighted by atomic mass is 10.1. The molecule has 4 aromatic rings. The van der Waals surface area contributed by atoms with Gasteiger partial charge in [0, 0.05) is 44.9 Å². The van der Waals surface area contributed by atoms with Gasteiger partial charge < -0.3 is 9.88 Å². The number of halogens is 1. The Balaban J connectivity index is 1.35. The predicted molar refractivity (Wildman–Crippen MR) is 146 cm³/mol. The minimum Gasteiger partial charge on any atom is -0.346 e. The molecule has 0 radical (unpaired) electrons. The maximum Gasteiger partial charge on any atom is 0.264 e. The molecule has 1 amide bonds. The minimum atomic E-state index is -0.119. The van der Waals surface area contributed by atoms with Crippen molar-refractivity contribution in [1.82, 2.24) is 9.88 Å². The van der Waals surface area contributed by atoms with Crippen LogP contribution in [-0.4, -0.2) is 21.4 Å². The van der Waals surface area contributed by atoms with Gasteiger partial charge in [-0.15, -0.1) is 11.8 Å². The molecule has 1 N–H and O–H groups in total. The Labute approximate surface area is 212 Å². The fraction of sp³-hybridized carbons (Fsp3) is 0.111. The van der Waals surface area contributed by atoms with Gasteiger partial charge in [0.1, 0.15) is 0 Å². The Morgan fingerprint density at radius 3 is 2.62 bits per heavy atom. The van der Waals surface area contributed by atoms with Crippen molar-refractivity contribution in [2.45, 2.75) is 18.4 Å². The normalized spacial score (nSPS) is 16.0. The lowest BCUT2D eigenvalue weighted by Gasteiger charge is -2.05. The van der Waals surface area contributed by atoms with Gasteiger partial charge in [-0.2, -0.15) is 0 Å². The van der Waals surface area contributed by atoms with E-state index in [-0.39, 0.29) is 5.91 Å². The second-order valence-corrected chi connectivity index (χ2v) is 10.6. The van der Waals surface area contributed by atoms with Gasteiger partial charge in [-0.25, -0.2) is 4.99 Å². The van der Waals surface area contributed by atoms with Crippen LogP contribution < -0.4 is 5.32 Å². The fourth-order valence-corrected chi connectivity index (χ4v) is 5.54. The van der Waals surface area contributed by atoms with E-state index in [0.717, 1.165) is 39.5 Å². The topological polar surface area (TPSA) is 46.4 Å². The lowest BCUT2D eigenvalue weighted by molar-refractivity contribution is -0.115. The third kappa shape index (κ3) is 5.25. The van der Waals surface area contributed by atoms with E-state index in [0.29, 0.717) is 10.1 Å². The van der Waals surface area contributed by atoms with E-state index in [1.54, 1.807) is 11.8 Å². The van der Waals surface area contributed by atoms with Gasteiger partial charge in [0.25, 0.3) is 5.91 Å². The summed E-state index contributed by atoms with van der Waals surface area (Å²) >= 11 is 9.16. The van der Waals surface area contributed by atoms with Crippen molar-refractivity contribution < 1.29 is 4.79 Å². The molecular weight excluding hydrogens is 482 g/mol. The number of rotatable bonds is 6. The number of carbonyl (C=O) groups is 1. The summed E-state index contributed by atoms with van der Waals surface area (Å²) in [4.78, 5) is 19.0. The maximum atomic E-state index is 12.6. The van der Waals surface area contributed by atoms with Gasteiger partial charge >= 0.3 is 0 Å². The number of fused-ring (bicyclic) bond motifs is 1. The number of hydrogen-bond donors (Lipinski definition) is 1. The standard InChI is InChI=1S/C27H22ClN3OS2/c1-18-6-10-21(11-7-18)29-27-30-26(32)25(34-27)16-19-17-31(24-5-3-2-4-23(19)24)14-15-33-22-12-8-20(28)9-13-22/h2-13,16-17H,14-15H2,1H3,(H,29,30,32)/b25-16-. The maximum absolute atomic E-state index is 12.6. The van der Waals surface area contributed by atoms with Crippen molar-refractivity contribution in [3.05, 3.63) is 100 Å². The Kier molecular flexibility index (Phi) is 6.81. The fourth-order valence-electron chi connectivity index (χ4n) is 3.73. The molecule has 2 heterocycles. The summed E-state index contributed by atoms with van der Waals surface area (Å²) in [7, 11) is 0. The summed E-state index contributed by atoms with van der Waals surface area (Å²) in [6.07, 6.45) is 4.09. The van der Waals surface area contributed by atoms with E-state index in [9.17, 15) is 4.79 Å². The van der Waals surface area contributed by atoms with Gasteiger partial charge in [-0.1, -0.05) is 47.5 Å². The predicted octanol–water partition coefficient (Wildman–Crippen LogP) is 7.29. The second-order valence-electron chi connectivity index (χ2n) is 7.91. The monoisotopic (exact) mass is 503 g/mol. The summed E-state index contributed by atoms with van der Waals surface area (Å²) < 4.78 is 2.25. The number of aromatic nitrogens is 1. The molecule has 3 aromatic carbocycles. The number of amides is 1. The van der Waals surface area contributed by atoms with Gasteiger partial charge in [0.2, 0.25) is 0 Å². The van der Waals surface area contributed by atoms with Crippen LogP contribution in [-0.2, 0) is 11.3 Å². The molecule has 1 aliphatic rings. The summed E-state index contributed by atoms with van der Waals surface area (Å²) in [5.74, 6) is 0.810. The number of nitrogens with zero attached hydrogens (tertiary/aromatic N) is 2. The summed E-state index contributed by atoms with van der Waals surface area (Å²) in [5, 5.41) is 5.36. The molecule has 7 heteroatoms. The van der Waals surface area contributed by atoms with Crippen LogP contribution in [0.4, 0.5) is 5.69 Å². The molecule has 5 rings (SSSR count). The number of nitrogens with one attached hydrogen (secondary N) is 1. The highest BCUT2D eigenvalue weighted by Crippen LogP contribution is 2.31. The molecule has 0 unspecified atom stereocenters. The zero-order valence-electron chi connectivity index (χ0n) is 18.5. The molecule has 0 atom stereocenters. The van der Waals surface area contributed by atoms with Crippen LogP contribution in [0.3, 0.4) is 0 Å². The first-order valence-electron chi connectivity index (χ1n) is 10.9. The van der Waals surface area contributed by atoms with Crippen LogP contribution in [0.1, 0.15) is 11.1 Å². The van der Waals surface area contributed by atoms with E-state index in [1.807, 2.05) is 73.7 Å². The van der Waals surface area contributed by atoms with Crippen molar-refractivity contribution >= 4 is 68.9 Å². The molecule has 0 bridgehead atoms. The highest BCUT2D eigenvalue weighted by atomic mass is 35.5. The number of hydrogen-bond acceptors (Lipinski definition) is 4. The van der Waals surface area contributed by atoms with Crippen LogP contribution >= 0.6 is 35.1 Å². The van der Waals surface area contributed by atoms with Gasteiger partial charge in [0.15, 0.2) is 5.17 Å². The van der Waals surface area contributed by atoms with E-state index >= 15 is 0 Å². The number of thioether (sulfide) groups is 2. The van der Waals surface area contributed by atoms with Crippen LogP contribution in [0.5, 0.6) is 0 Å². The number of aryl methyl sites for hydroxylation is 2. The Bertz CT molecular complexity index is 1410. The van der Waals surface area contributed by atoms with Crippen LogP contribution in [0.15, 0.2) is 93.8 Å². The highest BCUT2D eigenvalue weighted by Gasteiger charge is 2.24. The van der Waals surface area contributed by atoms with E-state index in [1.165, 1.54) is 22.2 Å². The second kappa shape index (κ2) is 10.1. The van der Waals surface area contributed by atoms with Gasteiger partial charge in [-0.05, 0) is 67.2 Å². The Hall–Kier alpha value is -2.93. The van der Waals surface area contributed by atoms with Crippen molar-refractivity contribution in [2.75, 3.05) is 5.75 Å². The first kappa shape index (κ1) is 22.8. The van der Waals surface area contributed by atoms with Crippen molar-refractivity contribution in [1.29, 1.82) is 0 Å². The van der Waals surface area contributed by atoms with Crippen molar-refractivity contribution in [2.24, 2.45) is 4.99 Å². The molecule has 170 valence electrons. The molecule has 1 aromatic heterocycles. The number of benzene rings is 3. The zero-order valence-corrected chi connectivity index (χ0v) is 20.9. The van der Waals surface area contributed by atoms with Gasteiger partial charge in [0.05, 0.1) is 10.6 Å². The first-order chi connectivity index (χ1) is 16.5. The van der Waals surface area contributed by atoms with Gasteiger partial charge in [-0.3, -0.25) is 4.79 Å². The number of aliphatic imine (C=N–C) groups is 1. The summed E-state index contributed by atoms with van der Waals surface area (Å²) in [5.41, 5.74) is 4.18.